The highest BCUT2D eigenvalue weighted by Gasteiger charge is 2.25. The van der Waals surface area contributed by atoms with E-state index in [9.17, 15) is 13.2 Å². The van der Waals surface area contributed by atoms with Crippen LogP contribution in [0, 0.1) is 0 Å². The predicted molar refractivity (Wildman–Crippen MR) is 123 cm³/mol. The van der Waals surface area contributed by atoms with Gasteiger partial charge in [0.2, 0.25) is 15.9 Å². The molecule has 1 atom stereocenters. The highest BCUT2D eigenvalue weighted by molar-refractivity contribution is 7.92. The van der Waals surface area contributed by atoms with E-state index in [1.54, 1.807) is 18.2 Å². The summed E-state index contributed by atoms with van der Waals surface area (Å²) in [6, 6.07) is 12.5. The third kappa shape index (κ3) is 6.37. The van der Waals surface area contributed by atoms with Gasteiger partial charge in [-0.3, -0.25) is 9.10 Å². The zero-order valence-corrected chi connectivity index (χ0v) is 20.0. The normalized spacial score (nSPS) is 12.7. The first-order valence-electron chi connectivity index (χ1n) is 9.96. The zero-order chi connectivity index (χ0) is 23.4. The van der Waals surface area contributed by atoms with Crippen molar-refractivity contribution in [2.75, 3.05) is 31.3 Å². The summed E-state index contributed by atoms with van der Waals surface area (Å²) in [5.74, 6) is 0.393. The summed E-state index contributed by atoms with van der Waals surface area (Å²) in [7, 11) is -0.798. The average Bonchev–Trinajstić information content (AvgIpc) is 2.70. The minimum Gasteiger partial charge on any atom is -0.497 e. The Balaban J connectivity index is 2.20. The van der Waals surface area contributed by atoms with Gasteiger partial charge in [-0.05, 0) is 35.6 Å². The molecule has 2 aromatic carbocycles. The van der Waals surface area contributed by atoms with Crippen LogP contribution in [0.2, 0.25) is 0 Å². The van der Waals surface area contributed by atoms with Crippen LogP contribution in [-0.4, -0.2) is 41.3 Å². The van der Waals surface area contributed by atoms with Crippen LogP contribution in [0.5, 0.6) is 11.5 Å². The van der Waals surface area contributed by atoms with Gasteiger partial charge in [0.25, 0.3) is 0 Å². The number of hydrogen-bond donors (Lipinski definition) is 1. The molecule has 0 heterocycles. The van der Waals surface area contributed by atoms with Crippen molar-refractivity contribution >= 4 is 21.6 Å². The van der Waals surface area contributed by atoms with E-state index in [4.69, 9.17) is 9.47 Å². The average molecular weight is 449 g/mol. The molecule has 0 aromatic heterocycles. The standard InChI is InChI=1S/C23H32N2O5S/c1-16(17-8-10-18(11-9-17)23(2,3)4)24-22(26)15-25(31(7,27)28)20-13-12-19(29-5)14-21(20)30-6/h8-14,16H,15H2,1-7H3,(H,24,26). The molecular weight excluding hydrogens is 416 g/mol. The van der Waals surface area contributed by atoms with Crippen molar-refractivity contribution in [3.8, 4) is 11.5 Å². The summed E-state index contributed by atoms with van der Waals surface area (Å²) in [4.78, 5) is 12.7. The van der Waals surface area contributed by atoms with Gasteiger partial charge in [-0.15, -0.1) is 0 Å². The Kier molecular flexibility index (Phi) is 7.59. The highest BCUT2D eigenvalue weighted by Crippen LogP contribution is 2.33. The monoisotopic (exact) mass is 448 g/mol. The number of ether oxygens (including phenoxy) is 2. The lowest BCUT2D eigenvalue weighted by atomic mass is 9.86. The fraction of sp³-hybridized carbons (Fsp3) is 0.435. The molecule has 1 amide bonds. The fourth-order valence-corrected chi connectivity index (χ4v) is 4.00. The highest BCUT2D eigenvalue weighted by atomic mass is 32.2. The number of carbonyl (C=O) groups is 1. The van der Waals surface area contributed by atoms with Gasteiger partial charge < -0.3 is 14.8 Å². The van der Waals surface area contributed by atoms with Crippen LogP contribution < -0.4 is 19.1 Å². The number of nitrogens with one attached hydrogen (secondary N) is 1. The molecule has 0 spiro atoms. The second kappa shape index (κ2) is 9.60. The van der Waals surface area contributed by atoms with Crippen LogP contribution in [0.15, 0.2) is 42.5 Å². The van der Waals surface area contributed by atoms with Crippen LogP contribution >= 0.6 is 0 Å². The summed E-state index contributed by atoms with van der Waals surface area (Å²) >= 11 is 0. The number of carbonyl (C=O) groups excluding carboxylic acids is 1. The van der Waals surface area contributed by atoms with Crippen LogP contribution in [0.25, 0.3) is 0 Å². The van der Waals surface area contributed by atoms with Crippen LogP contribution in [0.3, 0.4) is 0 Å². The largest absolute Gasteiger partial charge is 0.497 e. The van der Waals surface area contributed by atoms with Gasteiger partial charge in [-0.2, -0.15) is 0 Å². The Bertz CT molecular complexity index is 1010. The number of methoxy groups -OCH3 is 2. The van der Waals surface area contributed by atoms with Gasteiger partial charge >= 0.3 is 0 Å². The summed E-state index contributed by atoms with van der Waals surface area (Å²) in [5.41, 5.74) is 2.44. The maximum Gasteiger partial charge on any atom is 0.241 e. The molecule has 31 heavy (non-hydrogen) atoms. The van der Waals surface area contributed by atoms with Crippen LogP contribution in [0.4, 0.5) is 5.69 Å². The lowest BCUT2D eigenvalue weighted by molar-refractivity contribution is -0.120. The molecule has 0 saturated carbocycles. The Hall–Kier alpha value is -2.74. The maximum absolute atomic E-state index is 12.7. The van der Waals surface area contributed by atoms with Gasteiger partial charge in [0.1, 0.15) is 18.0 Å². The second-order valence-electron chi connectivity index (χ2n) is 8.47. The predicted octanol–water partition coefficient (Wildman–Crippen LogP) is 3.64. The molecule has 1 N–H and O–H groups in total. The van der Waals surface area contributed by atoms with Crippen LogP contribution in [0.1, 0.15) is 44.9 Å². The SMILES string of the molecule is COc1ccc(N(CC(=O)NC(C)c2ccc(C(C)(C)C)cc2)S(C)(=O)=O)c(OC)c1. The number of benzene rings is 2. The molecule has 2 aromatic rings. The van der Waals surface area contributed by atoms with E-state index in [2.05, 4.69) is 26.1 Å². The molecule has 0 aliphatic carbocycles. The van der Waals surface area contributed by atoms with Crippen molar-refractivity contribution in [2.45, 2.75) is 39.2 Å². The Morgan fingerprint density at radius 3 is 2.16 bits per heavy atom. The summed E-state index contributed by atoms with van der Waals surface area (Å²) in [6.07, 6.45) is 1.05. The smallest absolute Gasteiger partial charge is 0.241 e. The van der Waals surface area contributed by atoms with E-state index in [0.29, 0.717) is 11.5 Å². The van der Waals surface area contributed by atoms with E-state index in [-0.39, 0.29) is 23.7 Å². The van der Waals surface area contributed by atoms with Gasteiger partial charge in [0.15, 0.2) is 0 Å². The molecule has 7 nitrogen and oxygen atoms in total. The summed E-state index contributed by atoms with van der Waals surface area (Å²) in [5, 5.41) is 2.88. The first-order chi connectivity index (χ1) is 14.4. The van der Waals surface area contributed by atoms with Gasteiger partial charge in [0, 0.05) is 6.07 Å². The van der Waals surface area contributed by atoms with E-state index in [0.717, 1.165) is 16.1 Å². The topological polar surface area (TPSA) is 84.9 Å². The number of hydrogen-bond acceptors (Lipinski definition) is 5. The van der Waals surface area contributed by atoms with Crippen molar-refractivity contribution < 1.29 is 22.7 Å². The van der Waals surface area contributed by atoms with E-state index in [1.807, 2.05) is 31.2 Å². The lowest BCUT2D eigenvalue weighted by Crippen LogP contribution is -2.41. The molecule has 0 radical (unpaired) electrons. The molecule has 8 heteroatoms. The van der Waals surface area contributed by atoms with Crippen molar-refractivity contribution in [2.24, 2.45) is 0 Å². The Morgan fingerprint density at radius 1 is 1.06 bits per heavy atom. The second-order valence-corrected chi connectivity index (χ2v) is 10.4. The first kappa shape index (κ1) is 24.5. The first-order valence-corrected chi connectivity index (χ1v) is 11.8. The molecule has 2 rings (SSSR count). The Labute approximate surface area is 185 Å². The van der Waals surface area contributed by atoms with E-state index in [1.165, 1.54) is 19.8 Å². The van der Waals surface area contributed by atoms with Crippen molar-refractivity contribution in [1.82, 2.24) is 5.32 Å². The maximum atomic E-state index is 12.7. The minimum absolute atomic E-state index is 0.0401. The quantitative estimate of drug-likeness (QED) is 0.666. The zero-order valence-electron chi connectivity index (χ0n) is 19.2. The molecule has 1 unspecified atom stereocenters. The molecule has 0 fully saturated rings. The van der Waals surface area contributed by atoms with Crippen molar-refractivity contribution in [1.29, 1.82) is 0 Å². The summed E-state index contributed by atoms with van der Waals surface area (Å²) in [6.45, 7) is 7.91. The molecule has 0 saturated heterocycles. The number of sulfonamides is 1. The Morgan fingerprint density at radius 2 is 1.68 bits per heavy atom. The molecule has 0 aliphatic heterocycles. The number of amides is 1. The number of anilines is 1. The molecule has 0 bridgehead atoms. The van der Waals surface area contributed by atoms with Crippen molar-refractivity contribution in [3.63, 3.8) is 0 Å². The van der Waals surface area contributed by atoms with E-state index < -0.39 is 15.9 Å². The van der Waals surface area contributed by atoms with Gasteiger partial charge in [0.05, 0.1) is 32.2 Å². The minimum atomic E-state index is -3.74. The fourth-order valence-electron chi connectivity index (χ4n) is 3.14. The van der Waals surface area contributed by atoms with E-state index >= 15 is 0 Å². The number of rotatable bonds is 8. The molecule has 0 aliphatic rings. The van der Waals surface area contributed by atoms with Crippen LogP contribution in [-0.2, 0) is 20.2 Å². The number of nitrogens with zero attached hydrogens (tertiary/aromatic N) is 1. The van der Waals surface area contributed by atoms with Gasteiger partial charge in [-0.25, -0.2) is 8.42 Å². The lowest BCUT2D eigenvalue weighted by Gasteiger charge is -2.25. The van der Waals surface area contributed by atoms with Crippen molar-refractivity contribution in [3.05, 3.63) is 53.6 Å². The van der Waals surface area contributed by atoms with Gasteiger partial charge in [-0.1, -0.05) is 45.0 Å². The summed E-state index contributed by atoms with van der Waals surface area (Å²) < 4.78 is 36.4. The third-order valence-electron chi connectivity index (χ3n) is 5.00. The molecule has 170 valence electrons. The molecular formula is C23H32N2O5S. The third-order valence-corrected chi connectivity index (χ3v) is 6.12.